The van der Waals surface area contributed by atoms with Crippen LogP contribution in [0.4, 0.5) is 5.82 Å². The van der Waals surface area contributed by atoms with Gasteiger partial charge in [-0.3, -0.25) is 9.89 Å². The number of pyridine rings is 1. The number of ether oxygens (including phenoxy) is 1. The molecule has 2 aromatic heterocycles. The van der Waals surface area contributed by atoms with Gasteiger partial charge in [-0.25, -0.2) is 4.98 Å². The number of para-hydroxylation sites is 1. The van der Waals surface area contributed by atoms with Crippen molar-refractivity contribution in [3.05, 3.63) is 60.6 Å². The zero-order valence-electron chi connectivity index (χ0n) is 15.5. The predicted molar refractivity (Wildman–Crippen MR) is 106 cm³/mol. The Bertz CT molecular complexity index is 941. The van der Waals surface area contributed by atoms with E-state index in [0.717, 1.165) is 42.0 Å². The fourth-order valence-corrected chi connectivity index (χ4v) is 3.68. The number of likely N-dealkylation sites (tertiary alicyclic amines) is 1. The summed E-state index contributed by atoms with van der Waals surface area (Å²) in [5, 5.41) is 7.32. The maximum atomic E-state index is 12.8. The number of H-pyrrole nitrogens is 1. The van der Waals surface area contributed by atoms with Gasteiger partial charge in [0.25, 0.3) is 0 Å². The minimum atomic E-state index is -0.0175. The van der Waals surface area contributed by atoms with Crippen molar-refractivity contribution in [3.63, 3.8) is 0 Å². The normalized spacial score (nSPS) is 16.3. The van der Waals surface area contributed by atoms with Crippen LogP contribution in [0.1, 0.15) is 31.0 Å². The van der Waals surface area contributed by atoms with Gasteiger partial charge in [0.15, 0.2) is 0 Å². The van der Waals surface area contributed by atoms with Crippen LogP contribution in [0.3, 0.4) is 0 Å². The molecule has 1 aromatic carbocycles. The SMILES string of the molecule is Nc1cc(-c2cn[nH]c2[C@@H]2CCCN2C(=O)CCOc2ccccc2)ccn1. The van der Waals surface area contributed by atoms with E-state index in [9.17, 15) is 4.79 Å². The van der Waals surface area contributed by atoms with Gasteiger partial charge in [0, 0.05) is 18.3 Å². The Morgan fingerprint density at radius 3 is 2.96 bits per heavy atom. The molecule has 3 N–H and O–H groups in total. The van der Waals surface area contributed by atoms with Crippen molar-refractivity contribution in [2.75, 3.05) is 18.9 Å². The average Bonchev–Trinajstić information content (AvgIpc) is 3.38. The number of nitrogens with zero attached hydrogens (tertiary/aromatic N) is 3. The van der Waals surface area contributed by atoms with Crippen LogP contribution in [0.25, 0.3) is 11.1 Å². The Morgan fingerprint density at radius 1 is 1.29 bits per heavy atom. The molecule has 7 nitrogen and oxygen atoms in total. The van der Waals surface area contributed by atoms with Crippen LogP contribution in [-0.4, -0.2) is 39.1 Å². The number of hydrogen-bond acceptors (Lipinski definition) is 5. The van der Waals surface area contributed by atoms with E-state index in [4.69, 9.17) is 10.5 Å². The van der Waals surface area contributed by atoms with Gasteiger partial charge in [-0.05, 0) is 42.7 Å². The zero-order valence-corrected chi connectivity index (χ0v) is 15.5. The second kappa shape index (κ2) is 8.12. The second-order valence-corrected chi connectivity index (χ2v) is 6.82. The number of hydrogen-bond donors (Lipinski definition) is 2. The molecule has 0 unspecified atom stereocenters. The molecule has 1 atom stereocenters. The number of rotatable bonds is 6. The van der Waals surface area contributed by atoms with Crippen LogP contribution in [0.15, 0.2) is 54.9 Å². The predicted octanol–water partition coefficient (Wildman–Crippen LogP) is 3.19. The summed E-state index contributed by atoms with van der Waals surface area (Å²) >= 11 is 0. The summed E-state index contributed by atoms with van der Waals surface area (Å²) in [6.45, 7) is 1.11. The van der Waals surface area contributed by atoms with Gasteiger partial charge in [0.1, 0.15) is 11.6 Å². The second-order valence-electron chi connectivity index (χ2n) is 6.82. The van der Waals surface area contributed by atoms with Gasteiger partial charge < -0.3 is 15.4 Å². The summed E-state index contributed by atoms with van der Waals surface area (Å²) in [6, 6.07) is 13.3. The lowest BCUT2D eigenvalue weighted by Gasteiger charge is -2.25. The maximum Gasteiger partial charge on any atom is 0.226 e. The molecule has 144 valence electrons. The van der Waals surface area contributed by atoms with E-state index >= 15 is 0 Å². The Balaban J connectivity index is 1.45. The first-order chi connectivity index (χ1) is 13.7. The number of anilines is 1. The lowest BCUT2D eigenvalue weighted by atomic mass is 10.0. The fraction of sp³-hybridized carbons (Fsp3) is 0.286. The zero-order chi connectivity index (χ0) is 19.3. The fourth-order valence-electron chi connectivity index (χ4n) is 3.68. The molecule has 0 aliphatic carbocycles. The topological polar surface area (TPSA) is 97.1 Å². The number of amides is 1. The number of nitrogen functional groups attached to an aromatic ring is 1. The van der Waals surface area contributed by atoms with E-state index < -0.39 is 0 Å². The average molecular weight is 377 g/mol. The number of aromatic nitrogens is 3. The molecule has 0 saturated carbocycles. The van der Waals surface area contributed by atoms with Gasteiger partial charge in [0.05, 0.1) is 31.0 Å². The molecule has 3 heterocycles. The van der Waals surface area contributed by atoms with Gasteiger partial charge in [-0.1, -0.05) is 18.2 Å². The third kappa shape index (κ3) is 3.83. The summed E-state index contributed by atoms with van der Waals surface area (Å²) in [7, 11) is 0. The smallest absolute Gasteiger partial charge is 0.226 e. The quantitative estimate of drug-likeness (QED) is 0.688. The highest BCUT2D eigenvalue weighted by molar-refractivity contribution is 5.78. The van der Waals surface area contributed by atoms with Gasteiger partial charge in [-0.15, -0.1) is 0 Å². The molecular formula is C21H23N5O2. The minimum absolute atomic E-state index is 0.0175. The molecule has 3 aromatic rings. The van der Waals surface area contributed by atoms with Crippen molar-refractivity contribution in [2.24, 2.45) is 0 Å². The molecule has 1 saturated heterocycles. The van der Waals surface area contributed by atoms with E-state index in [1.165, 1.54) is 0 Å². The number of carbonyl (C=O) groups is 1. The molecule has 0 bridgehead atoms. The van der Waals surface area contributed by atoms with Crippen molar-refractivity contribution < 1.29 is 9.53 Å². The van der Waals surface area contributed by atoms with E-state index in [-0.39, 0.29) is 11.9 Å². The molecule has 1 aliphatic rings. The first-order valence-corrected chi connectivity index (χ1v) is 9.45. The number of benzene rings is 1. The number of aromatic amines is 1. The van der Waals surface area contributed by atoms with Crippen molar-refractivity contribution in [1.29, 1.82) is 0 Å². The molecule has 0 spiro atoms. The Labute approximate surface area is 163 Å². The van der Waals surface area contributed by atoms with Crippen LogP contribution < -0.4 is 10.5 Å². The van der Waals surface area contributed by atoms with Gasteiger partial charge in [0.2, 0.25) is 5.91 Å². The van der Waals surface area contributed by atoms with Crippen molar-refractivity contribution >= 4 is 11.7 Å². The van der Waals surface area contributed by atoms with Crippen molar-refractivity contribution in [3.8, 4) is 16.9 Å². The molecule has 7 heteroatoms. The van der Waals surface area contributed by atoms with Crippen LogP contribution in [0.2, 0.25) is 0 Å². The third-order valence-electron chi connectivity index (χ3n) is 5.00. The van der Waals surface area contributed by atoms with Gasteiger partial charge in [-0.2, -0.15) is 5.10 Å². The van der Waals surface area contributed by atoms with Crippen molar-refractivity contribution in [2.45, 2.75) is 25.3 Å². The molecule has 4 rings (SSSR count). The van der Waals surface area contributed by atoms with Crippen molar-refractivity contribution in [1.82, 2.24) is 20.1 Å². The largest absolute Gasteiger partial charge is 0.493 e. The van der Waals surface area contributed by atoms with Crippen LogP contribution in [0, 0.1) is 0 Å². The number of nitrogens with two attached hydrogens (primary N) is 1. The summed E-state index contributed by atoms with van der Waals surface area (Å²) in [5.41, 5.74) is 8.68. The Kier molecular flexibility index (Phi) is 5.23. The van der Waals surface area contributed by atoms with E-state index in [1.54, 1.807) is 12.4 Å². The van der Waals surface area contributed by atoms with E-state index in [1.807, 2.05) is 47.4 Å². The lowest BCUT2D eigenvalue weighted by Crippen LogP contribution is -2.32. The summed E-state index contributed by atoms with van der Waals surface area (Å²) in [4.78, 5) is 18.8. The highest BCUT2D eigenvalue weighted by Gasteiger charge is 2.32. The minimum Gasteiger partial charge on any atom is -0.493 e. The van der Waals surface area contributed by atoms with Gasteiger partial charge >= 0.3 is 0 Å². The summed E-state index contributed by atoms with van der Waals surface area (Å²) in [5.74, 6) is 1.33. The van der Waals surface area contributed by atoms with E-state index in [0.29, 0.717) is 18.8 Å². The molecular weight excluding hydrogens is 354 g/mol. The first kappa shape index (κ1) is 18.0. The monoisotopic (exact) mass is 377 g/mol. The Morgan fingerprint density at radius 2 is 2.14 bits per heavy atom. The molecule has 0 radical (unpaired) electrons. The number of carbonyl (C=O) groups excluding carboxylic acids is 1. The van der Waals surface area contributed by atoms with Crippen LogP contribution in [-0.2, 0) is 4.79 Å². The standard InChI is InChI=1S/C21H23N5O2/c22-19-13-15(8-10-23-19)17-14-24-25-21(17)18-7-4-11-26(18)20(27)9-12-28-16-5-2-1-3-6-16/h1-3,5-6,8,10,13-14,18H,4,7,9,11-12H2,(H2,22,23)(H,24,25)/t18-/m0/s1. The van der Waals surface area contributed by atoms with E-state index in [2.05, 4.69) is 15.2 Å². The highest BCUT2D eigenvalue weighted by atomic mass is 16.5. The molecule has 1 amide bonds. The van der Waals surface area contributed by atoms with Crippen LogP contribution >= 0.6 is 0 Å². The lowest BCUT2D eigenvalue weighted by molar-refractivity contribution is -0.132. The first-order valence-electron chi connectivity index (χ1n) is 9.45. The maximum absolute atomic E-state index is 12.8. The summed E-state index contributed by atoms with van der Waals surface area (Å²) < 4.78 is 5.68. The van der Waals surface area contributed by atoms with Crippen LogP contribution in [0.5, 0.6) is 5.75 Å². The molecule has 1 fully saturated rings. The number of nitrogens with one attached hydrogen (secondary N) is 1. The highest BCUT2D eigenvalue weighted by Crippen LogP contribution is 2.36. The third-order valence-corrected chi connectivity index (χ3v) is 5.00. The molecule has 28 heavy (non-hydrogen) atoms. The molecule has 1 aliphatic heterocycles. The summed E-state index contributed by atoms with van der Waals surface area (Å²) in [6.07, 6.45) is 5.68. The Hall–Kier alpha value is -3.35.